The number of nitrogens with one attached hydrogen (secondary N) is 3. The van der Waals surface area contributed by atoms with Crippen LogP contribution >= 0.6 is 23.3 Å². The van der Waals surface area contributed by atoms with Gasteiger partial charge in [0.05, 0.1) is 17.3 Å². The number of nitrogens with zero attached hydrogens (tertiary/aromatic N) is 4. The van der Waals surface area contributed by atoms with Gasteiger partial charge in [-0.2, -0.15) is 19.7 Å². The van der Waals surface area contributed by atoms with E-state index in [0.29, 0.717) is 27.4 Å². The fourth-order valence-corrected chi connectivity index (χ4v) is 4.07. The van der Waals surface area contributed by atoms with Gasteiger partial charge in [0.15, 0.2) is 5.82 Å². The predicted molar refractivity (Wildman–Crippen MR) is 117 cm³/mol. The average molecular weight is 434 g/mol. The first-order valence-corrected chi connectivity index (χ1v) is 10.6. The molecule has 0 atom stereocenters. The summed E-state index contributed by atoms with van der Waals surface area (Å²) in [5.74, 6) is 1.11. The second kappa shape index (κ2) is 9.21. The molecule has 2 aromatic heterocycles. The number of thioether (sulfide) groups is 1. The minimum atomic E-state index is -0.463. The molecule has 0 fully saturated rings. The summed E-state index contributed by atoms with van der Waals surface area (Å²) in [7, 11) is 0. The van der Waals surface area contributed by atoms with Crippen LogP contribution in [-0.4, -0.2) is 25.6 Å². The van der Waals surface area contributed by atoms with Crippen molar-refractivity contribution < 1.29 is 4.79 Å². The van der Waals surface area contributed by atoms with Gasteiger partial charge in [-0.1, -0.05) is 54.2 Å². The minimum absolute atomic E-state index is 0.355. The molecular formula is C20H15N7OS2. The van der Waals surface area contributed by atoms with Gasteiger partial charge in [0.2, 0.25) is 10.3 Å². The Morgan fingerprint density at radius 3 is 2.83 bits per heavy atom. The highest BCUT2D eigenvalue weighted by atomic mass is 32.2. The van der Waals surface area contributed by atoms with Gasteiger partial charge in [0.1, 0.15) is 0 Å². The van der Waals surface area contributed by atoms with Gasteiger partial charge in [-0.25, -0.2) is 4.79 Å². The number of urea groups is 1. The van der Waals surface area contributed by atoms with Gasteiger partial charge in [-0.15, -0.1) is 0 Å². The molecule has 0 aliphatic heterocycles. The van der Waals surface area contributed by atoms with E-state index >= 15 is 0 Å². The van der Waals surface area contributed by atoms with Crippen LogP contribution in [-0.2, 0) is 5.75 Å². The lowest BCUT2D eigenvalue weighted by Crippen LogP contribution is -2.19. The monoisotopic (exact) mass is 433 g/mol. The van der Waals surface area contributed by atoms with Gasteiger partial charge in [0.25, 0.3) is 0 Å². The third-order valence-corrected chi connectivity index (χ3v) is 5.63. The van der Waals surface area contributed by atoms with E-state index in [1.807, 2.05) is 36.4 Å². The Bertz CT molecular complexity index is 1200. The molecule has 0 unspecified atom stereocenters. The number of benzene rings is 2. The summed E-state index contributed by atoms with van der Waals surface area (Å²) in [4.78, 5) is 16.5. The molecule has 8 nitrogen and oxygen atoms in total. The number of carbonyl (C=O) groups excluding carboxylic acids is 1. The summed E-state index contributed by atoms with van der Waals surface area (Å²) in [6, 6.07) is 20.5. The number of hydrogen-bond donors (Lipinski definition) is 3. The molecular weight excluding hydrogens is 418 g/mol. The largest absolute Gasteiger partial charge is 0.326 e. The molecule has 4 rings (SSSR count). The van der Waals surface area contributed by atoms with Crippen LogP contribution in [0.4, 0.5) is 15.7 Å². The van der Waals surface area contributed by atoms with Crippen LogP contribution in [0, 0.1) is 11.3 Å². The molecule has 2 amide bonds. The highest BCUT2D eigenvalue weighted by Gasteiger charge is 2.11. The fourth-order valence-electron chi connectivity index (χ4n) is 2.58. The van der Waals surface area contributed by atoms with E-state index in [0.717, 1.165) is 22.8 Å². The van der Waals surface area contributed by atoms with Crippen molar-refractivity contribution in [2.24, 2.45) is 0 Å². The number of amides is 2. The summed E-state index contributed by atoms with van der Waals surface area (Å²) in [6.45, 7) is 0. The Kier molecular flexibility index (Phi) is 6.03. The maximum atomic E-state index is 12.2. The van der Waals surface area contributed by atoms with Gasteiger partial charge in [0, 0.05) is 28.9 Å². The van der Waals surface area contributed by atoms with Crippen LogP contribution in [0.5, 0.6) is 0 Å². The lowest BCUT2D eigenvalue weighted by atomic mass is 10.1. The maximum absolute atomic E-state index is 12.2. The van der Waals surface area contributed by atoms with Crippen LogP contribution < -0.4 is 10.6 Å². The average Bonchev–Trinajstić information content (AvgIpc) is 3.42. The number of hydrogen-bond acceptors (Lipinski definition) is 7. The summed E-state index contributed by atoms with van der Waals surface area (Å²) < 4.78 is 4.25. The Labute approximate surface area is 180 Å². The first kappa shape index (κ1) is 19.6. The summed E-state index contributed by atoms with van der Waals surface area (Å²) in [5, 5.41) is 22.3. The van der Waals surface area contributed by atoms with Crippen molar-refractivity contribution in [3.63, 3.8) is 0 Å². The number of rotatable bonds is 6. The molecule has 0 aliphatic rings. The standard InChI is InChI=1S/C20H15N7OS2/c21-11-14-7-4-8-15(9-14)16-10-17(26-25-16)22-18(28)23-19-24-20(27-30-19)29-12-13-5-2-1-3-6-13/h1-10H,12H2,(H3,22,23,24,25,26,27,28). The number of H-pyrrole nitrogens is 1. The molecule has 3 N–H and O–H groups in total. The number of anilines is 2. The molecule has 4 aromatic rings. The zero-order valence-electron chi connectivity index (χ0n) is 15.5. The lowest BCUT2D eigenvalue weighted by molar-refractivity contribution is 0.262. The number of nitriles is 1. The Morgan fingerprint density at radius 1 is 1.13 bits per heavy atom. The maximum Gasteiger partial charge on any atom is 0.326 e. The summed E-state index contributed by atoms with van der Waals surface area (Å²) in [5.41, 5.74) is 3.22. The van der Waals surface area contributed by atoms with Gasteiger partial charge in [-0.05, 0) is 17.7 Å². The molecule has 10 heteroatoms. The van der Waals surface area contributed by atoms with E-state index in [1.165, 1.54) is 17.3 Å². The highest BCUT2D eigenvalue weighted by Crippen LogP contribution is 2.24. The summed E-state index contributed by atoms with van der Waals surface area (Å²) in [6.07, 6.45) is 0. The lowest BCUT2D eigenvalue weighted by Gasteiger charge is -2.01. The van der Waals surface area contributed by atoms with Crippen LogP contribution in [0.3, 0.4) is 0 Å². The smallest absolute Gasteiger partial charge is 0.291 e. The first-order valence-electron chi connectivity index (χ1n) is 8.84. The Morgan fingerprint density at radius 2 is 2.00 bits per heavy atom. The van der Waals surface area contributed by atoms with Gasteiger partial charge in [-0.3, -0.25) is 15.7 Å². The van der Waals surface area contributed by atoms with Crippen molar-refractivity contribution in [1.29, 1.82) is 5.26 Å². The minimum Gasteiger partial charge on any atom is -0.291 e. The SMILES string of the molecule is N#Cc1cccc(-c2cc(NC(=O)Nc3nc(SCc4ccccc4)ns3)n[nH]2)c1. The van der Waals surface area contributed by atoms with Crippen LogP contribution in [0.2, 0.25) is 0 Å². The molecule has 0 bridgehead atoms. The van der Waals surface area contributed by atoms with Crippen LogP contribution in [0.25, 0.3) is 11.3 Å². The molecule has 0 spiro atoms. The van der Waals surface area contributed by atoms with E-state index < -0.39 is 6.03 Å². The van der Waals surface area contributed by atoms with Crippen molar-refractivity contribution in [2.75, 3.05) is 10.6 Å². The quantitative estimate of drug-likeness (QED) is 0.378. The first-order chi connectivity index (χ1) is 14.7. The Balaban J connectivity index is 1.32. The Hall–Kier alpha value is -3.68. The fraction of sp³-hybridized carbons (Fsp3) is 0.0500. The van der Waals surface area contributed by atoms with Crippen molar-refractivity contribution in [3.05, 3.63) is 71.8 Å². The second-order valence-corrected chi connectivity index (χ2v) is 7.79. The zero-order chi connectivity index (χ0) is 20.8. The zero-order valence-corrected chi connectivity index (χ0v) is 17.1. The van der Waals surface area contributed by atoms with Crippen molar-refractivity contribution in [1.82, 2.24) is 19.6 Å². The van der Waals surface area contributed by atoms with Gasteiger partial charge < -0.3 is 0 Å². The van der Waals surface area contributed by atoms with Crippen molar-refractivity contribution in [3.8, 4) is 17.3 Å². The molecule has 0 aliphatic carbocycles. The molecule has 148 valence electrons. The topological polar surface area (TPSA) is 119 Å². The second-order valence-electron chi connectivity index (χ2n) is 6.09. The third-order valence-electron chi connectivity index (χ3n) is 3.96. The molecule has 0 radical (unpaired) electrons. The van der Waals surface area contributed by atoms with E-state index in [1.54, 1.807) is 24.3 Å². The summed E-state index contributed by atoms with van der Waals surface area (Å²) >= 11 is 2.62. The van der Waals surface area contributed by atoms with Crippen LogP contribution in [0.1, 0.15) is 11.1 Å². The van der Waals surface area contributed by atoms with E-state index in [9.17, 15) is 4.79 Å². The van der Waals surface area contributed by atoms with E-state index in [4.69, 9.17) is 5.26 Å². The van der Waals surface area contributed by atoms with Crippen LogP contribution in [0.15, 0.2) is 65.8 Å². The third kappa shape index (κ3) is 5.02. The normalized spacial score (nSPS) is 10.4. The number of aromatic amines is 1. The molecule has 0 saturated heterocycles. The van der Waals surface area contributed by atoms with E-state index in [2.05, 4.69) is 36.3 Å². The number of aromatic nitrogens is 4. The highest BCUT2D eigenvalue weighted by molar-refractivity contribution is 7.98. The van der Waals surface area contributed by atoms with Crippen molar-refractivity contribution in [2.45, 2.75) is 10.9 Å². The number of carbonyl (C=O) groups is 1. The molecule has 30 heavy (non-hydrogen) atoms. The van der Waals surface area contributed by atoms with Gasteiger partial charge >= 0.3 is 6.03 Å². The van der Waals surface area contributed by atoms with E-state index in [-0.39, 0.29) is 0 Å². The molecule has 2 aromatic carbocycles. The molecule has 2 heterocycles. The molecule has 0 saturated carbocycles. The predicted octanol–water partition coefficient (Wildman–Crippen LogP) is 4.74. The van der Waals surface area contributed by atoms with Crippen molar-refractivity contribution >= 4 is 40.3 Å².